The summed E-state index contributed by atoms with van der Waals surface area (Å²) in [5.41, 5.74) is 1.12. The molecule has 0 unspecified atom stereocenters. The molecule has 3 aromatic heterocycles. The number of aromatic nitrogens is 4. The number of hydrogen-bond donors (Lipinski definition) is 0. The average molecular weight is 393 g/mol. The highest BCUT2D eigenvalue weighted by Gasteiger charge is 2.28. The standard InChI is InChI=1S/C17H14F3N5O3/c1-25(2)16(26)12-4-3-11(8-22-12)14-23-15(28-24-14)10-5-6-21-13(7-10)27-9-17(18,19)20/h3-8H,9H2,1-2H3. The predicted octanol–water partition coefficient (Wildman–Crippen LogP) is 2.84. The third-order valence-corrected chi connectivity index (χ3v) is 3.44. The normalized spacial score (nSPS) is 11.3. The third kappa shape index (κ3) is 4.61. The van der Waals surface area contributed by atoms with Crippen molar-refractivity contribution in [2.45, 2.75) is 6.18 Å². The molecule has 0 saturated heterocycles. The summed E-state index contributed by atoms with van der Waals surface area (Å²) in [6, 6.07) is 5.90. The van der Waals surface area contributed by atoms with Gasteiger partial charge in [0, 0.05) is 43.7 Å². The molecular formula is C17H14F3N5O3. The Morgan fingerprint density at radius 3 is 2.61 bits per heavy atom. The number of nitrogens with zero attached hydrogens (tertiary/aromatic N) is 5. The van der Waals surface area contributed by atoms with Crippen molar-refractivity contribution < 1.29 is 27.2 Å². The number of ether oxygens (including phenoxy) is 1. The summed E-state index contributed by atoms with van der Waals surface area (Å²) in [6.45, 7) is -1.46. The quantitative estimate of drug-likeness (QED) is 0.658. The Morgan fingerprint density at radius 2 is 1.96 bits per heavy atom. The number of pyridine rings is 2. The van der Waals surface area contributed by atoms with Crippen LogP contribution in [0.4, 0.5) is 13.2 Å². The van der Waals surface area contributed by atoms with Gasteiger partial charge in [0.15, 0.2) is 6.61 Å². The predicted molar refractivity (Wildman–Crippen MR) is 90.3 cm³/mol. The van der Waals surface area contributed by atoms with E-state index in [9.17, 15) is 18.0 Å². The Kier molecular flexibility index (Phi) is 5.25. The molecule has 3 heterocycles. The van der Waals surface area contributed by atoms with Crippen molar-refractivity contribution in [2.24, 2.45) is 0 Å². The van der Waals surface area contributed by atoms with Crippen LogP contribution in [-0.4, -0.2) is 57.8 Å². The highest BCUT2D eigenvalue weighted by Crippen LogP contribution is 2.25. The molecule has 11 heteroatoms. The second-order valence-corrected chi connectivity index (χ2v) is 5.84. The van der Waals surface area contributed by atoms with E-state index in [0.29, 0.717) is 11.1 Å². The van der Waals surface area contributed by atoms with E-state index in [2.05, 4.69) is 24.8 Å². The van der Waals surface area contributed by atoms with Gasteiger partial charge in [0.25, 0.3) is 11.8 Å². The Bertz CT molecular complexity index is 971. The molecule has 1 amide bonds. The van der Waals surface area contributed by atoms with Gasteiger partial charge in [-0.3, -0.25) is 9.78 Å². The first kappa shape index (κ1) is 19.3. The van der Waals surface area contributed by atoms with E-state index in [-0.39, 0.29) is 29.2 Å². The summed E-state index contributed by atoms with van der Waals surface area (Å²) >= 11 is 0. The Labute approximate surface area is 157 Å². The van der Waals surface area contributed by atoms with Gasteiger partial charge >= 0.3 is 6.18 Å². The van der Waals surface area contributed by atoms with E-state index in [1.165, 1.54) is 35.5 Å². The number of carbonyl (C=O) groups excluding carboxylic acids is 1. The van der Waals surface area contributed by atoms with Gasteiger partial charge in [0.1, 0.15) is 5.69 Å². The molecule has 0 fully saturated rings. The maximum atomic E-state index is 12.3. The third-order valence-electron chi connectivity index (χ3n) is 3.44. The molecule has 8 nitrogen and oxygen atoms in total. The van der Waals surface area contributed by atoms with Crippen LogP contribution in [0, 0.1) is 0 Å². The minimum absolute atomic E-state index is 0.0719. The van der Waals surface area contributed by atoms with Crippen molar-refractivity contribution in [1.82, 2.24) is 25.0 Å². The van der Waals surface area contributed by atoms with E-state index in [4.69, 9.17) is 4.52 Å². The molecule has 146 valence electrons. The van der Waals surface area contributed by atoms with Crippen LogP contribution >= 0.6 is 0 Å². The summed E-state index contributed by atoms with van der Waals surface area (Å²) in [7, 11) is 3.23. The van der Waals surface area contributed by atoms with Gasteiger partial charge in [-0.05, 0) is 18.2 Å². The second-order valence-electron chi connectivity index (χ2n) is 5.84. The number of hydrogen-bond acceptors (Lipinski definition) is 7. The topological polar surface area (TPSA) is 94.2 Å². The van der Waals surface area contributed by atoms with Crippen molar-refractivity contribution in [3.05, 3.63) is 42.4 Å². The molecule has 0 spiro atoms. The molecule has 0 bridgehead atoms. The largest absolute Gasteiger partial charge is 0.468 e. The highest BCUT2D eigenvalue weighted by molar-refractivity contribution is 5.92. The lowest BCUT2D eigenvalue weighted by molar-refractivity contribution is -0.154. The van der Waals surface area contributed by atoms with Crippen LogP contribution in [0.5, 0.6) is 5.88 Å². The lowest BCUT2D eigenvalue weighted by Crippen LogP contribution is -2.22. The molecule has 28 heavy (non-hydrogen) atoms. The van der Waals surface area contributed by atoms with E-state index in [1.54, 1.807) is 20.2 Å². The number of alkyl halides is 3. The van der Waals surface area contributed by atoms with Crippen LogP contribution < -0.4 is 4.74 Å². The van der Waals surface area contributed by atoms with Gasteiger partial charge < -0.3 is 14.2 Å². The SMILES string of the molecule is CN(C)C(=O)c1ccc(-c2noc(-c3ccnc(OCC(F)(F)F)c3)n2)cn1. The molecule has 0 aliphatic rings. The number of carbonyl (C=O) groups is 1. The first-order valence-electron chi connectivity index (χ1n) is 7.91. The van der Waals surface area contributed by atoms with E-state index in [1.807, 2.05) is 0 Å². The first-order chi connectivity index (χ1) is 13.2. The molecule has 3 aromatic rings. The Hall–Kier alpha value is -3.50. The van der Waals surface area contributed by atoms with Gasteiger partial charge in [-0.2, -0.15) is 18.2 Å². The van der Waals surface area contributed by atoms with Crippen LogP contribution in [0.25, 0.3) is 22.8 Å². The van der Waals surface area contributed by atoms with Crippen LogP contribution in [0.15, 0.2) is 41.2 Å². The Morgan fingerprint density at radius 1 is 1.18 bits per heavy atom. The van der Waals surface area contributed by atoms with E-state index >= 15 is 0 Å². The summed E-state index contributed by atoms with van der Waals surface area (Å²) in [4.78, 5) is 25.2. The van der Waals surface area contributed by atoms with E-state index < -0.39 is 12.8 Å². The molecule has 0 N–H and O–H groups in total. The van der Waals surface area contributed by atoms with Crippen molar-refractivity contribution in [3.8, 4) is 28.7 Å². The first-order valence-corrected chi connectivity index (χ1v) is 7.91. The minimum atomic E-state index is -4.47. The summed E-state index contributed by atoms with van der Waals surface area (Å²) in [5, 5.41) is 3.82. The summed E-state index contributed by atoms with van der Waals surface area (Å²) in [5.74, 6) is -0.185. The van der Waals surface area contributed by atoms with Crippen molar-refractivity contribution in [3.63, 3.8) is 0 Å². The molecule has 0 radical (unpaired) electrons. The van der Waals surface area contributed by atoms with Crippen LogP contribution in [0.1, 0.15) is 10.5 Å². The fourth-order valence-electron chi connectivity index (χ4n) is 2.12. The highest BCUT2D eigenvalue weighted by atomic mass is 19.4. The van der Waals surface area contributed by atoms with Crippen LogP contribution in [0.2, 0.25) is 0 Å². The molecule has 0 aliphatic carbocycles. The molecule has 0 aliphatic heterocycles. The van der Waals surface area contributed by atoms with Gasteiger partial charge in [-0.1, -0.05) is 5.16 Å². The molecule has 0 atom stereocenters. The lowest BCUT2D eigenvalue weighted by Gasteiger charge is -2.08. The Balaban J connectivity index is 1.78. The fourth-order valence-corrected chi connectivity index (χ4v) is 2.12. The zero-order valence-corrected chi connectivity index (χ0v) is 14.8. The van der Waals surface area contributed by atoms with Crippen molar-refractivity contribution in [2.75, 3.05) is 20.7 Å². The number of halogens is 3. The van der Waals surface area contributed by atoms with E-state index in [0.717, 1.165) is 0 Å². The van der Waals surface area contributed by atoms with Crippen LogP contribution in [-0.2, 0) is 0 Å². The number of rotatable bonds is 5. The average Bonchev–Trinajstić information content (AvgIpc) is 3.16. The smallest absolute Gasteiger partial charge is 0.422 e. The van der Waals surface area contributed by atoms with Crippen molar-refractivity contribution >= 4 is 5.91 Å². The van der Waals surface area contributed by atoms with Gasteiger partial charge in [0.2, 0.25) is 11.7 Å². The minimum Gasteiger partial charge on any atom is -0.468 e. The lowest BCUT2D eigenvalue weighted by atomic mass is 10.2. The van der Waals surface area contributed by atoms with Gasteiger partial charge in [-0.25, -0.2) is 4.98 Å². The zero-order valence-electron chi connectivity index (χ0n) is 14.8. The maximum Gasteiger partial charge on any atom is 0.422 e. The maximum absolute atomic E-state index is 12.3. The molecule has 0 saturated carbocycles. The summed E-state index contributed by atoms with van der Waals surface area (Å²) in [6.07, 6.45) is -1.77. The zero-order chi connectivity index (χ0) is 20.3. The van der Waals surface area contributed by atoms with Crippen molar-refractivity contribution in [1.29, 1.82) is 0 Å². The summed E-state index contributed by atoms with van der Waals surface area (Å²) < 4.78 is 46.5. The van der Waals surface area contributed by atoms with Crippen LogP contribution in [0.3, 0.4) is 0 Å². The second kappa shape index (κ2) is 7.62. The van der Waals surface area contributed by atoms with Gasteiger partial charge in [0.05, 0.1) is 0 Å². The molecule has 0 aromatic carbocycles. The number of amides is 1. The monoisotopic (exact) mass is 393 g/mol. The van der Waals surface area contributed by atoms with Gasteiger partial charge in [-0.15, -0.1) is 0 Å². The molecule has 3 rings (SSSR count). The fraction of sp³-hybridized carbons (Fsp3) is 0.235. The molecular weight excluding hydrogens is 379 g/mol.